The van der Waals surface area contributed by atoms with Gasteiger partial charge in [0.05, 0.1) is 23.4 Å². The van der Waals surface area contributed by atoms with Gasteiger partial charge < -0.3 is 20.9 Å². The minimum absolute atomic E-state index is 0.126. The maximum atomic E-state index is 15.0. The van der Waals surface area contributed by atoms with E-state index in [-0.39, 0.29) is 36.3 Å². The highest BCUT2D eigenvalue weighted by Crippen LogP contribution is 2.32. The molecule has 2 saturated heterocycles. The summed E-state index contributed by atoms with van der Waals surface area (Å²) < 4.78 is 68.0. The van der Waals surface area contributed by atoms with E-state index < -0.39 is 47.7 Å². The Balaban J connectivity index is 1.42. The van der Waals surface area contributed by atoms with Crippen LogP contribution in [0.25, 0.3) is 0 Å². The van der Waals surface area contributed by atoms with E-state index in [4.69, 9.17) is 11.6 Å². The van der Waals surface area contributed by atoms with Crippen molar-refractivity contribution in [3.63, 3.8) is 0 Å². The Morgan fingerprint density at radius 3 is 2.57 bits per heavy atom. The first-order chi connectivity index (χ1) is 19.8. The van der Waals surface area contributed by atoms with Gasteiger partial charge in [0.1, 0.15) is 6.04 Å². The third-order valence-corrected chi connectivity index (χ3v) is 7.64. The highest BCUT2D eigenvalue weighted by atomic mass is 35.5. The van der Waals surface area contributed by atoms with Crippen molar-refractivity contribution in [1.82, 2.24) is 15.5 Å². The topological polar surface area (TPSA) is 93.8 Å². The third-order valence-electron chi connectivity index (χ3n) is 7.40. The highest BCUT2D eigenvalue weighted by Gasteiger charge is 2.32. The smallest absolute Gasteiger partial charge is 0.367 e. The lowest BCUT2D eigenvalue weighted by atomic mass is 10.0. The molecule has 14 heteroatoms. The van der Waals surface area contributed by atoms with Gasteiger partial charge in [-0.2, -0.15) is 13.2 Å². The molecule has 2 aromatic carbocycles. The third kappa shape index (κ3) is 7.88. The number of anilines is 2. The first kappa shape index (κ1) is 31.5. The van der Waals surface area contributed by atoms with Gasteiger partial charge in [-0.25, -0.2) is 8.78 Å². The summed E-state index contributed by atoms with van der Waals surface area (Å²) in [6.45, 7) is 2.40. The molecule has 2 aromatic rings. The van der Waals surface area contributed by atoms with Crippen molar-refractivity contribution < 1.29 is 36.3 Å². The number of amides is 3. The summed E-state index contributed by atoms with van der Waals surface area (Å²) in [5, 5.41) is 7.97. The molecule has 2 aliphatic heterocycles. The van der Waals surface area contributed by atoms with E-state index in [0.717, 1.165) is 6.07 Å². The molecule has 8 nitrogen and oxygen atoms in total. The SMILES string of the molecule is C[C@H]1CN(c2cc(Cl)ccc2NC(=O)c2ccc(CNC(=O)[C@@H]3CCCC(=O)N3)c(F)c2F)CCN1CCC(F)(F)F. The molecular formula is C28H31ClF5N5O3. The Morgan fingerprint density at radius 2 is 1.88 bits per heavy atom. The van der Waals surface area contributed by atoms with E-state index in [0.29, 0.717) is 49.6 Å². The number of carbonyl (C=O) groups excluding carboxylic acids is 3. The van der Waals surface area contributed by atoms with Crippen LogP contribution in [0, 0.1) is 11.6 Å². The fourth-order valence-corrected chi connectivity index (χ4v) is 5.25. The molecular weight excluding hydrogens is 585 g/mol. The monoisotopic (exact) mass is 615 g/mol. The lowest BCUT2D eigenvalue weighted by Gasteiger charge is -2.41. The zero-order valence-electron chi connectivity index (χ0n) is 22.8. The van der Waals surface area contributed by atoms with Gasteiger partial charge in [0, 0.05) is 55.8 Å². The van der Waals surface area contributed by atoms with Crippen LogP contribution in [-0.4, -0.2) is 67.1 Å². The Morgan fingerprint density at radius 1 is 1.12 bits per heavy atom. The first-order valence-corrected chi connectivity index (χ1v) is 13.9. The van der Waals surface area contributed by atoms with Crippen LogP contribution in [0.3, 0.4) is 0 Å². The maximum Gasteiger partial charge on any atom is 0.390 e. The minimum atomic E-state index is -4.25. The number of piperidine rings is 1. The molecule has 3 amide bonds. The number of benzene rings is 2. The largest absolute Gasteiger partial charge is 0.390 e. The second-order valence-electron chi connectivity index (χ2n) is 10.4. The van der Waals surface area contributed by atoms with Crippen molar-refractivity contribution in [2.24, 2.45) is 0 Å². The molecule has 2 aliphatic rings. The zero-order chi connectivity index (χ0) is 30.6. The Labute approximate surface area is 244 Å². The van der Waals surface area contributed by atoms with Crippen LogP contribution < -0.4 is 20.9 Å². The standard InChI is InChI=1S/C28H31ClF5N5O3/c1-16-15-39(12-11-38(16)10-9-28(32,33)34)22-13-18(29)6-8-20(22)37-26(41)19-7-5-17(24(30)25(19)31)14-35-27(42)21-3-2-4-23(40)36-21/h5-8,13,16,21H,2-4,9-12,14-15H2,1H3,(H,35,42)(H,36,40)(H,37,41)/t16-,21-/m0/s1. The fraction of sp³-hybridized carbons (Fsp3) is 0.464. The van der Waals surface area contributed by atoms with Crippen molar-refractivity contribution in [3.05, 3.63) is 58.1 Å². The zero-order valence-corrected chi connectivity index (χ0v) is 23.5. The fourth-order valence-electron chi connectivity index (χ4n) is 5.09. The van der Waals surface area contributed by atoms with E-state index >= 15 is 0 Å². The summed E-state index contributed by atoms with van der Waals surface area (Å²) >= 11 is 6.19. The van der Waals surface area contributed by atoms with E-state index in [1.54, 1.807) is 17.9 Å². The molecule has 4 rings (SSSR count). The van der Waals surface area contributed by atoms with Gasteiger partial charge in [-0.3, -0.25) is 19.3 Å². The summed E-state index contributed by atoms with van der Waals surface area (Å²) in [6.07, 6.45) is -3.86. The minimum Gasteiger partial charge on any atom is -0.367 e. The summed E-state index contributed by atoms with van der Waals surface area (Å²) in [7, 11) is 0. The normalized spacial score (nSPS) is 19.8. The lowest BCUT2D eigenvalue weighted by molar-refractivity contribution is -0.139. The van der Waals surface area contributed by atoms with Gasteiger partial charge in [0.25, 0.3) is 5.91 Å². The number of carbonyl (C=O) groups is 3. The summed E-state index contributed by atoms with van der Waals surface area (Å²) in [5.41, 5.74) is 0.0247. The molecule has 0 saturated carbocycles. The molecule has 0 spiro atoms. The van der Waals surface area contributed by atoms with Gasteiger partial charge in [-0.15, -0.1) is 0 Å². The Bertz CT molecular complexity index is 1340. The van der Waals surface area contributed by atoms with E-state index in [2.05, 4.69) is 16.0 Å². The van der Waals surface area contributed by atoms with Gasteiger partial charge in [-0.1, -0.05) is 17.7 Å². The molecule has 0 bridgehead atoms. The summed E-state index contributed by atoms with van der Waals surface area (Å²) in [4.78, 5) is 40.5. The predicted octanol–water partition coefficient (Wildman–Crippen LogP) is 4.62. The van der Waals surface area contributed by atoms with E-state index in [1.165, 1.54) is 18.2 Å². The van der Waals surface area contributed by atoms with Gasteiger partial charge in [0.2, 0.25) is 11.8 Å². The van der Waals surface area contributed by atoms with Gasteiger partial charge in [-0.05, 0) is 44.0 Å². The van der Waals surface area contributed by atoms with Crippen molar-refractivity contribution in [2.75, 3.05) is 36.4 Å². The molecule has 2 fully saturated rings. The molecule has 42 heavy (non-hydrogen) atoms. The van der Waals surface area contributed by atoms with Crippen molar-refractivity contribution in [2.45, 2.75) is 57.4 Å². The van der Waals surface area contributed by atoms with Crippen LogP contribution in [-0.2, 0) is 16.1 Å². The molecule has 0 radical (unpaired) electrons. The Hall–Kier alpha value is -3.45. The van der Waals surface area contributed by atoms with Gasteiger partial charge in [0.15, 0.2) is 11.6 Å². The van der Waals surface area contributed by atoms with E-state index in [1.807, 2.05) is 4.90 Å². The number of piperazine rings is 1. The highest BCUT2D eigenvalue weighted by molar-refractivity contribution is 6.31. The molecule has 2 heterocycles. The average molecular weight is 616 g/mol. The van der Waals surface area contributed by atoms with E-state index in [9.17, 15) is 36.3 Å². The molecule has 0 aromatic heterocycles. The maximum absolute atomic E-state index is 15.0. The summed E-state index contributed by atoms with van der Waals surface area (Å²) in [6, 6.07) is 5.94. The van der Waals surface area contributed by atoms with Crippen LogP contribution >= 0.6 is 11.6 Å². The number of nitrogens with zero attached hydrogens (tertiary/aromatic N) is 2. The second-order valence-corrected chi connectivity index (χ2v) is 10.9. The van der Waals surface area contributed by atoms with Crippen LogP contribution in [0.15, 0.2) is 30.3 Å². The molecule has 228 valence electrons. The second kappa shape index (κ2) is 13.2. The van der Waals surface area contributed by atoms with Crippen molar-refractivity contribution in [1.29, 1.82) is 0 Å². The molecule has 3 N–H and O–H groups in total. The van der Waals surface area contributed by atoms with Crippen molar-refractivity contribution in [3.8, 4) is 0 Å². The summed E-state index contributed by atoms with van der Waals surface area (Å²) in [5.74, 6) is -4.39. The van der Waals surface area contributed by atoms with Crippen LogP contribution in [0.4, 0.5) is 33.3 Å². The number of hydrogen-bond donors (Lipinski definition) is 3. The van der Waals surface area contributed by atoms with Crippen LogP contribution in [0.1, 0.15) is 48.5 Å². The first-order valence-electron chi connectivity index (χ1n) is 13.5. The van der Waals surface area contributed by atoms with Crippen LogP contribution in [0.2, 0.25) is 5.02 Å². The van der Waals surface area contributed by atoms with Crippen LogP contribution in [0.5, 0.6) is 0 Å². The number of rotatable bonds is 8. The average Bonchev–Trinajstić information content (AvgIpc) is 2.93. The molecule has 0 aliphatic carbocycles. The number of nitrogens with one attached hydrogen (secondary N) is 3. The molecule has 2 atom stereocenters. The number of alkyl halides is 3. The molecule has 0 unspecified atom stereocenters. The lowest BCUT2D eigenvalue weighted by Crippen LogP contribution is -2.52. The van der Waals surface area contributed by atoms with Gasteiger partial charge >= 0.3 is 6.18 Å². The predicted molar refractivity (Wildman–Crippen MR) is 147 cm³/mol. The number of halogens is 6. The van der Waals surface area contributed by atoms with Crippen molar-refractivity contribution >= 4 is 40.7 Å². The number of hydrogen-bond acceptors (Lipinski definition) is 5. The quantitative estimate of drug-likeness (QED) is 0.377. The Kier molecular flexibility index (Phi) is 9.93.